The van der Waals surface area contributed by atoms with Crippen molar-refractivity contribution in [2.75, 3.05) is 7.05 Å². The number of aromatic nitrogens is 1. The van der Waals surface area contributed by atoms with Gasteiger partial charge in [-0.2, -0.15) is 0 Å². The summed E-state index contributed by atoms with van der Waals surface area (Å²) in [5.74, 6) is 0. The Labute approximate surface area is 135 Å². The third kappa shape index (κ3) is 2.79. The SMILES string of the molecule is CNCc1cn(Cc2cc(Br)cs2)c2cc(Cl)ccc12. The zero-order valence-electron chi connectivity index (χ0n) is 11.0. The lowest BCUT2D eigenvalue weighted by atomic mass is 10.2. The van der Waals surface area contributed by atoms with Crippen molar-refractivity contribution in [2.45, 2.75) is 13.1 Å². The lowest BCUT2D eigenvalue weighted by molar-refractivity contribution is 0.800. The largest absolute Gasteiger partial charge is 0.342 e. The van der Waals surface area contributed by atoms with E-state index in [0.717, 1.165) is 22.6 Å². The van der Waals surface area contributed by atoms with E-state index in [9.17, 15) is 0 Å². The zero-order valence-corrected chi connectivity index (χ0v) is 14.1. The van der Waals surface area contributed by atoms with E-state index in [4.69, 9.17) is 11.6 Å². The molecule has 3 aromatic rings. The molecule has 0 aliphatic carbocycles. The van der Waals surface area contributed by atoms with Crippen LogP contribution in [-0.2, 0) is 13.1 Å². The quantitative estimate of drug-likeness (QED) is 0.693. The average Bonchev–Trinajstić information content (AvgIpc) is 2.96. The molecule has 0 aliphatic heterocycles. The predicted molar refractivity (Wildman–Crippen MR) is 90.8 cm³/mol. The van der Waals surface area contributed by atoms with Crippen LogP contribution in [0.2, 0.25) is 5.02 Å². The molecular weight excluding hydrogens is 356 g/mol. The molecule has 0 saturated carbocycles. The zero-order chi connectivity index (χ0) is 14.1. The molecule has 0 atom stereocenters. The Morgan fingerprint density at radius 1 is 1.35 bits per heavy atom. The third-order valence-corrected chi connectivity index (χ3v) is 5.16. The van der Waals surface area contributed by atoms with E-state index >= 15 is 0 Å². The van der Waals surface area contributed by atoms with Gasteiger partial charge in [-0.05, 0) is 46.7 Å². The average molecular weight is 370 g/mol. The Kier molecular flexibility index (Phi) is 4.17. The maximum Gasteiger partial charge on any atom is 0.0569 e. The van der Waals surface area contributed by atoms with Gasteiger partial charge in [0.25, 0.3) is 0 Å². The molecule has 2 nitrogen and oxygen atoms in total. The van der Waals surface area contributed by atoms with E-state index in [1.807, 2.05) is 19.2 Å². The molecule has 0 radical (unpaired) electrons. The second kappa shape index (κ2) is 5.90. The molecule has 5 heteroatoms. The number of nitrogens with one attached hydrogen (secondary N) is 1. The van der Waals surface area contributed by atoms with Crippen LogP contribution < -0.4 is 5.32 Å². The highest BCUT2D eigenvalue weighted by Gasteiger charge is 2.09. The van der Waals surface area contributed by atoms with Gasteiger partial charge >= 0.3 is 0 Å². The monoisotopic (exact) mass is 368 g/mol. The number of benzene rings is 1. The highest BCUT2D eigenvalue weighted by atomic mass is 79.9. The van der Waals surface area contributed by atoms with Crippen LogP contribution in [0.1, 0.15) is 10.4 Å². The van der Waals surface area contributed by atoms with Crippen molar-refractivity contribution in [3.8, 4) is 0 Å². The van der Waals surface area contributed by atoms with Gasteiger partial charge in [0.15, 0.2) is 0 Å². The second-order valence-corrected chi connectivity index (χ2v) is 7.05. The van der Waals surface area contributed by atoms with Gasteiger partial charge in [0, 0.05) is 37.9 Å². The number of hydrogen-bond acceptors (Lipinski definition) is 2. The summed E-state index contributed by atoms with van der Waals surface area (Å²) in [6.07, 6.45) is 2.21. The molecule has 0 aliphatic rings. The van der Waals surface area contributed by atoms with E-state index in [1.54, 1.807) is 11.3 Å². The van der Waals surface area contributed by atoms with Crippen molar-refractivity contribution in [1.29, 1.82) is 0 Å². The van der Waals surface area contributed by atoms with Crippen molar-refractivity contribution < 1.29 is 0 Å². The summed E-state index contributed by atoms with van der Waals surface area (Å²) in [5, 5.41) is 7.38. The van der Waals surface area contributed by atoms with Gasteiger partial charge in [0.2, 0.25) is 0 Å². The molecule has 104 valence electrons. The van der Waals surface area contributed by atoms with Crippen LogP contribution in [-0.4, -0.2) is 11.6 Å². The molecule has 1 aromatic carbocycles. The van der Waals surface area contributed by atoms with Crippen LogP contribution >= 0.6 is 38.9 Å². The highest BCUT2D eigenvalue weighted by molar-refractivity contribution is 9.10. The summed E-state index contributed by atoms with van der Waals surface area (Å²) in [7, 11) is 1.97. The molecule has 1 N–H and O–H groups in total. The number of thiophene rings is 1. The van der Waals surface area contributed by atoms with Crippen molar-refractivity contribution in [3.05, 3.63) is 55.8 Å². The summed E-state index contributed by atoms with van der Waals surface area (Å²) in [4.78, 5) is 1.32. The smallest absolute Gasteiger partial charge is 0.0569 e. The molecule has 0 fully saturated rings. The van der Waals surface area contributed by atoms with Crippen LogP contribution in [0.25, 0.3) is 10.9 Å². The lowest BCUT2D eigenvalue weighted by Crippen LogP contribution is -2.04. The van der Waals surface area contributed by atoms with Crippen LogP contribution in [0.15, 0.2) is 40.3 Å². The van der Waals surface area contributed by atoms with Gasteiger partial charge in [0.1, 0.15) is 0 Å². The van der Waals surface area contributed by atoms with Crippen molar-refractivity contribution in [3.63, 3.8) is 0 Å². The summed E-state index contributed by atoms with van der Waals surface area (Å²) in [6, 6.07) is 8.26. The lowest BCUT2D eigenvalue weighted by Gasteiger charge is -2.03. The number of fused-ring (bicyclic) bond motifs is 1. The molecule has 0 unspecified atom stereocenters. The van der Waals surface area contributed by atoms with Crippen LogP contribution in [0.3, 0.4) is 0 Å². The molecule has 2 heterocycles. The molecule has 2 aromatic heterocycles. The van der Waals surface area contributed by atoms with Gasteiger partial charge in [-0.15, -0.1) is 11.3 Å². The summed E-state index contributed by atoms with van der Waals surface area (Å²) in [6.45, 7) is 1.73. The van der Waals surface area contributed by atoms with Crippen LogP contribution in [0.5, 0.6) is 0 Å². The van der Waals surface area contributed by atoms with E-state index in [1.165, 1.54) is 21.3 Å². The second-order valence-electron chi connectivity index (χ2n) is 4.71. The van der Waals surface area contributed by atoms with E-state index < -0.39 is 0 Å². The fourth-order valence-corrected chi connectivity index (χ4v) is 4.02. The fraction of sp³-hybridized carbons (Fsp3) is 0.200. The maximum atomic E-state index is 6.15. The molecule has 0 bridgehead atoms. The summed E-state index contributed by atoms with van der Waals surface area (Å²) in [5.41, 5.74) is 2.49. The number of rotatable bonds is 4. The molecule has 0 amide bonds. The maximum absolute atomic E-state index is 6.15. The first kappa shape index (κ1) is 14.1. The Morgan fingerprint density at radius 2 is 2.20 bits per heavy atom. The molecule has 0 saturated heterocycles. The molecule has 3 rings (SSSR count). The highest BCUT2D eigenvalue weighted by Crippen LogP contribution is 2.27. The predicted octanol–water partition coefficient (Wildman–Crippen LogP) is 4.89. The normalized spacial score (nSPS) is 11.3. The summed E-state index contributed by atoms with van der Waals surface area (Å²) >= 11 is 11.4. The van der Waals surface area contributed by atoms with Gasteiger partial charge in [-0.25, -0.2) is 0 Å². The minimum atomic E-state index is 0.778. The first-order valence-electron chi connectivity index (χ1n) is 6.32. The third-order valence-electron chi connectivity index (χ3n) is 3.24. The van der Waals surface area contributed by atoms with Crippen LogP contribution in [0.4, 0.5) is 0 Å². The minimum Gasteiger partial charge on any atom is -0.342 e. The Morgan fingerprint density at radius 3 is 2.90 bits per heavy atom. The summed E-state index contributed by atoms with van der Waals surface area (Å²) < 4.78 is 3.41. The van der Waals surface area contributed by atoms with E-state index in [2.05, 4.69) is 49.5 Å². The Bertz CT molecular complexity index is 747. The standard InChI is InChI=1S/C15H14BrClN2S/c1-18-6-10-7-19(8-13-4-11(16)9-20-13)15-5-12(17)2-3-14(10)15/h2-5,7,9,18H,6,8H2,1H3. The molecule has 20 heavy (non-hydrogen) atoms. The van der Waals surface area contributed by atoms with Gasteiger partial charge in [-0.1, -0.05) is 17.7 Å². The van der Waals surface area contributed by atoms with Gasteiger partial charge < -0.3 is 9.88 Å². The number of hydrogen-bond donors (Lipinski definition) is 1. The Hall–Kier alpha value is -0.810. The van der Waals surface area contributed by atoms with Crippen molar-refractivity contribution in [1.82, 2.24) is 9.88 Å². The Balaban J connectivity index is 2.06. The number of nitrogens with zero attached hydrogens (tertiary/aromatic N) is 1. The van der Waals surface area contributed by atoms with Crippen LogP contribution in [0, 0.1) is 0 Å². The van der Waals surface area contributed by atoms with Crippen molar-refractivity contribution in [2.24, 2.45) is 0 Å². The number of halogens is 2. The minimum absolute atomic E-state index is 0.778. The first-order valence-corrected chi connectivity index (χ1v) is 8.37. The van der Waals surface area contributed by atoms with E-state index in [-0.39, 0.29) is 0 Å². The van der Waals surface area contributed by atoms with E-state index in [0.29, 0.717) is 0 Å². The van der Waals surface area contributed by atoms with Gasteiger partial charge in [-0.3, -0.25) is 0 Å². The van der Waals surface area contributed by atoms with Gasteiger partial charge in [0.05, 0.1) is 12.1 Å². The molecule has 0 spiro atoms. The first-order chi connectivity index (χ1) is 9.67. The fourth-order valence-electron chi connectivity index (χ4n) is 2.41. The topological polar surface area (TPSA) is 17.0 Å². The van der Waals surface area contributed by atoms with Crippen molar-refractivity contribution >= 4 is 49.8 Å². The molecular formula is C15H14BrClN2S.